The molecule has 0 radical (unpaired) electrons. The molecule has 7 heteroatoms. The number of benzene rings is 1. The number of ether oxygens (including phenoxy) is 1. The Bertz CT molecular complexity index is 626. The maximum absolute atomic E-state index is 9.12. The second-order valence-corrected chi connectivity index (χ2v) is 6.40. The Balaban J connectivity index is 1.63. The molecule has 0 spiro atoms. The number of nitrogens with zero attached hydrogens (tertiary/aromatic N) is 3. The van der Waals surface area contributed by atoms with Crippen molar-refractivity contribution in [2.45, 2.75) is 38.5 Å². The Morgan fingerprint density at radius 3 is 2.79 bits per heavy atom. The van der Waals surface area contributed by atoms with Crippen molar-refractivity contribution in [3.63, 3.8) is 0 Å². The third kappa shape index (κ3) is 4.77. The van der Waals surface area contributed by atoms with Crippen LogP contribution >= 0.6 is 11.6 Å². The maximum Gasteiger partial charge on any atom is 0.255 e. The first-order chi connectivity index (χ1) is 11.7. The van der Waals surface area contributed by atoms with Gasteiger partial charge in [-0.3, -0.25) is 4.90 Å². The molecule has 1 fully saturated rings. The van der Waals surface area contributed by atoms with Gasteiger partial charge in [-0.15, -0.1) is 0 Å². The number of aromatic nitrogens is 2. The molecule has 1 aliphatic heterocycles. The van der Waals surface area contributed by atoms with Crippen LogP contribution in [0.25, 0.3) is 0 Å². The van der Waals surface area contributed by atoms with Crippen molar-refractivity contribution in [2.75, 3.05) is 19.8 Å². The van der Waals surface area contributed by atoms with Crippen LogP contribution in [0, 0.1) is 0 Å². The molecule has 130 valence electrons. The lowest BCUT2D eigenvalue weighted by Gasteiger charge is -2.20. The minimum Gasteiger partial charge on any atom is -0.396 e. The molecule has 1 aromatic heterocycles. The first kappa shape index (κ1) is 17.4. The van der Waals surface area contributed by atoms with Crippen LogP contribution in [0.3, 0.4) is 0 Å². The summed E-state index contributed by atoms with van der Waals surface area (Å²) in [6, 6.07) is 7.76. The van der Waals surface area contributed by atoms with E-state index in [1.165, 1.54) is 0 Å². The zero-order valence-electron chi connectivity index (χ0n) is 13.5. The van der Waals surface area contributed by atoms with Gasteiger partial charge in [0, 0.05) is 31.3 Å². The van der Waals surface area contributed by atoms with Gasteiger partial charge in [-0.2, -0.15) is 4.98 Å². The fourth-order valence-electron chi connectivity index (χ4n) is 2.79. The monoisotopic (exact) mass is 351 g/mol. The summed E-state index contributed by atoms with van der Waals surface area (Å²) in [4.78, 5) is 6.65. The second-order valence-electron chi connectivity index (χ2n) is 5.96. The van der Waals surface area contributed by atoms with Crippen LogP contribution in [0.2, 0.25) is 5.02 Å². The Hall–Kier alpha value is -1.47. The molecular formula is C17H22ClN3O3. The van der Waals surface area contributed by atoms with Crippen molar-refractivity contribution in [3.05, 3.63) is 46.6 Å². The molecular weight excluding hydrogens is 330 g/mol. The lowest BCUT2D eigenvalue weighted by molar-refractivity contribution is 0.0835. The predicted molar refractivity (Wildman–Crippen MR) is 89.5 cm³/mol. The molecule has 0 unspecified atom stereocenters. The normalized spacial score (nSPS) is 17.7. The molecule has 2 heterocycles. The van der Waals surface area contributed by atoms with E-state index in [1.807, 2.05) is 24.3 Å². The summed E-state index contributed by atoms with van der Waals surface area (Å²) >= 11 is 5.94. The molecule has 1 atom stereocenters. The zero-order valence-corrected chi connectivity index (χ0v) is 14.3. The van der Waals surface area contributed by atoms with Gasteiger partial charge in [-0.25, -0.2) is 0 Å². The van der Waals surface area contributed by atoms with Gasteiger partial charge in [0.2, 0.25) is 0 Å². The van der Waals surface area contributed by atoms with E-state index in [2.05, 4.69) is 15.0 Å². The molecule has 6 nitrogen and oxygen atoms in total. The van der Waals surface area contributed by atoms with E-state index in [0.717, 1.165) is 43.1 Å². The SMILES string of the molecule is OCCCN(Cc1ccc(Cl)cc1)Cc1noc([C@@H]2CCCO2)n1. The number of halogens is 1. The van der Waals surface area contributed by atoms with E-state index in [4.69, 9.17) is 26.0 Å². The Kier molecular flexibility index (Phi) is 6.20. The third-order valence-corrected chi connectivity index (χ3v) is 4.26. The molecule has 0 bridgehead atoms. The number of rotatable bonds is 8. The molecule has 1 aliphatic rings. The van der Waals surface area contributed by atoms with Gasteiger partial charge in [0.1, 0.15) is 6.10 Å². The highest BCUT2D eigenvalue weighted by atomic mass is 35.5. The molecule has 24 heavy (non-hydrogen) atoms. The largest absolute Gasteiger partial charge is 0.396 e. The van der Waals surface area contributed by atoms with Gasteiger partial charge in [0.25, 0.3) is 5.89 Å². The smallest absolute Gasteiger partial charge is 0.255 e. The van der Waals surface area contributed by atoms with Crippen LogP contribution in [0.5, 0.6) is 0 Å². The molecule has 2 aromatic rings. The van der Waals surface area contributed by atoms with Crippen molar-refractivity contribution in [2.24, 2.45) is 0 Å². The van der Waals surface area contributed by atoms with E-state index in [9.17, 15) is 0 Å². The van der Waals surface area contributed by atoms with E-state index in [0.29, 0.717) is 24.7 Å². The zero-order chi connectivity index (χ0) is 16.8. The molecule has 0 amide bonds. The number of hydrogen-bond donors (Lipinski definition) is 1. The topological polar surface area (TPSA) is 71.6 Å². The van der Waals surface area contributed by atoms with Crippen molar-refractivity contribution < 1.29 is 14.4 Å². The first-order valence-electron chi connectivity index (χ1n) is 8.26. The van der Waals surface area contributed by atoms with Crippen LogP contribution in [0.1, 0.15) is 42.6 Å². The standard InChI is InChI=1S/C17H22ClN3O3/c18-14-6-4-13(5-7-14)11-21(8-2-9-22)12-16-19-17(24-20-16)15-3-1-10-23-15/h4-7,15,22H,1-3,8-12H2/t15-/m0/s1. The van der Waals surface area contributed by atoms with Crippen molar-refractivity contribution in [3.8, 4) is 0 Å². The van der Waals surface area contributed by atoms with Crippen LogP contribution < -0.4 is 0 Å². The van der Waals surface area contributed by atoms with Gasteiger partial charge in [-0.1, -0.05) is 28.9 Å². The lowest BCUT2D eigenvalue weighted by Crippen LogP contribution is -2.25. The average molecular weight is 352 g/mol. The van der Waals surface area contributed by atoms with E-state index < -0.39 is 0 Å². The number of aliphatic hydroxyl groups excluding tert-OH is 1. The third-order valence-electron chi connectivity index (χ3n) is 4.01. The van der Waals surface area contributed by atoms with Gasteiger partial charge in [0.05, 0.1) is 6.54 Å². The van der Waals surface area contributed by atoms with Crippen molar-refractivity contribution in [1.29, 1.82) is 0 Å². The van der Waals surface area contributed by atoms with Crippen LogP contribution in [0.4, 0.5) is 0 Å². The Morgan fingerprint density at radius 1 is 1.25 bits per heavy atom. The lowest BCUT2D eigenvalue weighted by atomic mass is 10.2. The summed E-state index contributed by atoms with van der Waals surface area (Å²) < 4.78 is 10.9. The van der Waals surface area contributed by atoms with E-state index in [-0.39, 0.29) is 12.7 Å². The van der Waals surface area contributed by atoms with Gasteiger partial charge >= 0.3 is 0 Å². The molecule has 0 saturated carbocycles. The predicted octanol–water partition coefficient (Wildman–Crippen LogP) is 2.96. The highest BCUT2D eigenvalue weighted by Crippen LogP contribution is 2.27. The van der Waals surface area contributed by atoms with Crippen molar-refractivity contribution >= 4 is 11.6 Å². The fraction of sp³-hybridized carbons (Fsp3) is 0.529. The Labute approximate surface area is 146 Å². The average Bonchev–Trinajstić information content (AvgIpc) is 3.26. The van der Waals surface area contributed by atoms with Crippen LogP contribution in [0.15, 0.2) is 28.8 Å². The summed E-state index contributed by atoms with van der Waals surface area (Å²) in [7, 11) is 0. The summed E-state index contributed by atoms with van der Waals surface area (Å²) in [6.45, 7) is 2.97. The van der Waals surface area contributed by atoms with Gasteiger partial charge in [-0.05, 0) is 37.0 Å². The van der Waals surface area contributed by atoms with Gasteiger partial charge in [0.15, 0.2) is 5.82 Å². The van der Waals surface area contributed by atoms with E-state index >= 15 is 0 Å². The van der Waals surface area contributed by atoms with Crippen LogP contribution in [-0.4, -0.2) is 39.9 Å². The summed E-state index contributed by atoms with van der Waals surface area (Å²) in [5, 5.41) is 13.9. The number of hydrogen-bond acceptors (Lipinski definition) is 6. The van der Waals surface area contributed by atoms with Crippen molar-refractivity contribution in [1.82, 2.24) is 15.0 Å². The first-order valence-corrected chi connectivity index (χ1v) is 8.64. The minimum atomic E-state index is -0.0617. The molecule has 1 aromatic carbocycles. The maximum atomic E-state index is 9.12. The molecule has 0 aliphatic carbocycles. The highest BCUT2D eigenvalue weighted by molar-refractivity contribution is 6.30. The molecule has 1 saturated heterocycles. The fourth-order valence-corrected chi connectivity index (χ4v) is 2.92. The second kappa shape index (κ2) is 8.58. The quantitative estimate of drug-likeness (QED) is 0.788. The Morgan fingerprint density at radius 2 is 2.08 bits per heavy atom. The van der Waals surface area contributed by atoms with Crippen LogP contribution in [-0.2, 0) is 17.8 Å². The summed E-state index contributed by atoms with van der Waals surface area (Å²) in [6.07, 6.45) is 2.60. The molecule has 3 rings (SSSR count). The molecule has 1 N–H and O–H groups in total. The minimum absolute atomic E-state index is 0.0617. The summed E-state index contributed by atoms with van der Waals surface area (Å²) in [5.74, 6) is 1.21. The van der Waals surface area contributed by atoms with E-state index in [1.54, 1.807) is 0 Å². The van der Waals surface area contributed by atoms with Gasteiger partial charge < -0.3 is 14.4 Å². The number of aliphatic hydroxyl groups is 1. The summed E-state index contributed by atoms with van der Waals surface area (Å²) in [5.41, 5.74) is 1.15. The highest BCUT2D eigenvalue weighted by Gasteiger charge is 2.24.